The lowest BCUT2D eigenvalue weighted by molar-refractivity contribution is 0.879. The minimum Gasteiger partial charge on any atom is -0.327 e. The van der Waals surface area contributed by atoms with Gasteiger partial charge in [0, 0.05) is 65.6 Å². The van der Waals surface area contributed by atoms with Crippen LogP contribution in [0.5, 0.6) is 0 Å². The third-order valence-corrected chi connectivity index (χ3v) is 8.48. The summed E-state index contributed by atoms with van der Waals surface area (Å²) in [5.41, 5.74) is 10.3. The smallest absolute Gasteiger partial charge is 0.140 e. The summed E-state index contributed by atoms with van der Waals surface area (Å²) in [4.78, 5) is 9.68. The first-order valence-corrected chi connectivity index (χ1v) is 14.8. The second-order valence-corrected chi connectivity index (χ2v) is 11.1. The molecule has 0 aliphatic carbocycles. The molecule has 0 spiro atoms. The van der Waals surface area contributed by atoms with E-state index < -0.39 is 0 Å². The van der Waals surface area contributed by atoms with Crippen molar-refractivity contribution in [3.05, 3.63) is 140 Å². The molecule has 0 radical (unpaired) electrons. The highest BCUT2D eigenvalue weighted by atomic mass is 15.3. The fourth-order valence-electron chi connectivity index (χ4n) is 6.33. The molecular formula is C37H26N8. The molecule has 45 heavy (non-hydrogen) atoms. The Morgan fingerprint density at radius 2 is 1.36 bits per heavy atom. The summed E-state index contributed by atoms with van der Waals surface area (Å²) < 4.78 is 8.27. The van der Waals surface area contributed by atoms with Crippen LogP contribution in [0.25, 0.3) is 72.5 Å². The molecule has 4 aromatic carbocycles. The van der Waals surface area contributed by atoms with Gasteiger partial charge in [0.15, 0.2) is 0 Å². The van der Waals surface area contributed by atoms with E-state index >= 15 is 0 Å². The fourth-order valence-corrected chi connectivity index (χ4v) is 6.33. The number of nitrogens with zero attached hydrogens (tertiary/aromatic N) is 8. The van der Waals surface area contributed by atoms with E-state index in [0.29, 0.717) is 0 Å². The van der Waals surface area contributed by atoms with Crippen LogP contribution in [-0.2, 0) is 7.05 Å². The van der Waals surface area contributed by atoms with Crippen molar-refractivity contribution in [3.8, 4) is 39.7 Å². The van der Waals surface area contributed by atoms with E-state index in [4.69, 9.17) is 4.98 Å². The molecule has 0 aliphatic rings. The molecular weight excluding hydrogens is 556 g/mol. The first-order chi connectivity index (χ1) is 22.2. The lowest BCUT2D eigenvalue weighted by Gasteiger charge is -2.11. The van der Waals surface area contributed by atoms with Crippen LogP contribution in [0.3, 0.4) is 0 Å². The van der Waals surface area contributed by atoms with Crippen LogP contribution in [0.2, 0.25) is 0 Å². The second kappa shape index (κ2) is 9.89. The molecule has 8 heteroatoms. The molecule has 8 nitrogen and oxygen atoms in total. The highest BCUT2D eigenvalue weighted by Crippen LogP contribution is 2.37. The molecule has 0 bridgehead atoms. The van der Waals surface area contributed by atoms with Gasteiger partial charge in [-0.25, -0.2) is 14.3 Å². The Balaban J connectivity index is 1.27. The summed E-state index contributed by atoms with van der Waals surface area (Å²) in [6.45, 7) is 0. The lowest BCUT2D eigenvalue weighted by atomic mass is 10.1. The zero-order valence-electron chi connectivity index (χ0n) is 24.4. The Morgan fingerprint density at radius 1 is 0.533 bits per heavy atom. The van der Waals surface area contributed by atoms with Gasteiger partial charge >= 0.3 is 0 Å². The largest absolute Gasteiger partial charge is 0.327 e. The average Bonchev–Trinajstić information content (AvgIpc) is 3.91. The molecule has 0 amide bonds. The Labute approximate surface area is 258 Å². The van der Waals surface area contributed by atoms with Crippen molar-refractivity contribution in [2.24, 2.45) is 7.05 Å². The van der Waals surface area contributed by atoms with Crippen molar-refractivity contribution in [1.29, 1.82) is 0 Å². The Bertz CT molecular complexity index is 2480. The van der Waals surface area contributed by atoms with E-state index in [1.807, 2.05) is 58.3 Å². The molecule has 0 N–H and O–H groups in total. The molecule has 0 aliphatic heterocycles. The van der Waals surface area contributed by atoms with Gasteiger partial charge in [0.1, 0.15) is 5.82 Å². The SMILES string of the molecule is Cn1c(-c2ccc3c4cc(-n5cccn5)ccc4n(-c4cccc(-c5ccccn5)c4)c3c2)nc2ccc(-n3cccn3)cc21. The van der Waals surface area contributed by atoms with Gasteiger partial charge < -0.3 is 9.13 Å². The normalized spacial score (nSPS) is 11.7. The van der Waals surface area contributed by atoms with Crippen LogP contribution in [0.15, 0.2) is 140 Å². The first kappa shape index (κ1) is 25.2. The maximum Gasteiger partial charge on any atom is 0.140 e. The fraction of sp³-hybridized carbons (Fsp3) is 0.0270. The van der Waals surface area contributed by atoms with Gasteiger partial charge in [0.2, 0.25) is 0 Å². The molecule has 214 valence electrons. The quantitative estimate of drug-likeness (QED) is 0.208. The molecule has 9 aromatic rings. The number of hydrogen-bond donors (Lipinski definition) is 0. The Morgan fingerprint density at radius 3 is 2.13 bits per heavy atom. The number of fused-ring (bicyclic) bond motifs is 4. The number of rotatable bonds is 5. The van der Waals surface area contributed by atoms with E-state index in [0.717, 1.165) is 72.5 Å². The molecule has 0 saturated heterocycles. The van der Waals surface area contributed by atoms with E-state index in [1.165, 1.54) is 0 Å². The van der Waals surface area contributed by atoms with Gasteiger partial charge in [-0.2, -0.15) is 10.2 Å². The molecule has 5 heterocycles. The van der Waals surface area contributed by atoms with Gasteiger partial charge in [0.25, 0.3) is 0 Å². The summed E-state index contributed by atoms with van der Waals surface area (Å²) in [6, 6.07) is 37.9. The van der Waals surface area contributed by atoms with Crippen LogP contribution in [0.4, 0.5) is 0 Å². The van der Waals surface area contributed by atoms with Crippen LogP contribution in [-0.4, -0.2) is 38.7 Å². The highest BCUT2D eigenvalue weighted by Gasteiger charge is 2.18. The number of imidazole rings is 1. The van der Waals surface area contributed by atoms with Crippen molar-refractivity contribution < 1.29 is 0 Å². The van der Waals surface area contributed by atoms with E-state index in [2.05, 4.69) is 110 Å². The summed E-state index contributed by atoms with van der Waals surface area (Å²) in [5, 5.41) is 11.2. The number of hydrogen-bond acceptors (Lipinski definition) is 4. The van der Waals surface area contributed by atoms with Crippen LogP contribution < -0.4 is 0 Å². The van der Waals surface area contributed by atoms with Crippen molar-refractivity contribution >= 4 is 32.8 Å². The van der Waals surface area contributed by atoms with Crippen LogP contribution >= 0.6 is 0 Å². The number of aryl methyl sites for hydroxylation is 1. The minimum absolute atomic E-state index is 0.904. The number of aromatic nitrogens is 8. The van der Waals surface area contributed by atoms with E-state index in [-0.39, 0.29) is 0 Å². The van der Waals surface area contributed by atoms with Gasteiger partial charge in [-0.05, 0) is 78.9 Å². The molecule has 0 atom stereocenters. The molecule has 0 fully saturated rings. The van der Waals surface area contributed by atoms with E-state index in [9.17, 15) is 0 Å². The van der Waals surface area contributed by atoms with Gasteiger partial charge in [-0.15, -0.1) is 0 Å². The van der Waals surface area contributed by atoms with Crippen molar-refractivity contribution in [2.75, 3.05) is 0 Å². The molecule has 5 aromatic heterocycles. The zero-order chi connectivity index (χ0) is 29.9. The van der Waals surface area contributed by atoms with Gasteiger partial charge in [0.05, 0.1) is 39.1 Å². The maximum atomic E-state index is 5.07. The number of pyridine rings is 1. The van der Waals surface area contributed by atoms with Crippen LogP contribution in [0, 0.1) is 0 Å². The van der Waals surface area contributed by atoms with Crippen molar-refractivity contribution in [3.63, 3.8) is 0 Å². The third kappa shape index (κ3) is 4.07. The second-order valence-electron chi connectivity index (χ2n) is 11.1. The predicted molar refractivity (Wildman–Crippen MR) is 178 cm³/mol. The minimum atomic E-state index is 0.904. The molecule has 0 unspecified atom stereocenters. The summed E-state index contributed by atoms with van der Waals surface area (Å²) in [7, 11) is 2.07. The topological polar surface area (TPSA) is 71.3 Å². The summed E-state index contributed by atoms with van der Waals surface area (Å²) >= 11 is 0. The van der Waals surface area contributed by atoms with Gasteiger partial charge in [-0.3, -0.25) is 4.98 Å². The number of benzene rings is 4. The monoisotopic (exact) mass is 582 g/mol. The zero-order valence-corrected chi connectivity index (χ0v) is 24.4. The van der Waals surface area contributed by atoms with E-state index in [1.54, 1.807) is 12.4 Å². The van der Waals surface area contributed by atoms with Crippen molar-refractivity contribution in [1.82, 2.24) is 38.7 Å². The Kier molecular flexibility index (Phi) is 5.55. The maximum absolute atomic E-state index is 5.07. The average molecular weight is 583 g/mol. The van der Waals surface area contributed by atoms with Crippen LogP contribution in [0.1, 0.15) is 0 Å². The summed E-state index contributed by atoms with van der Waals surface area (Å²) in [5.74, 6) is 0.904. The highest BCUT2D eigenvalue weighted by molar-refractivity contribution is 6.11. The third-order valence-electron chi connectivity index (χ3n) is 8.48. The molecule has 9 rings (SSSR count). The predicted octanol–water partition coefficient (Wildman–Crippen LogP) is 7.77. The standard InChI is InChI=1S/C37H26N8/c1-42-36-24-28(44-20-6-18-40-44)11-14-33(36)41-37(42)26-10-13-30-31-23-27(43-19-5-17-39-43)12-15-34(31)45(35(30)22-26)29-8-4-7-25(21-29)32-9-2-3-16-38-32/h2-24H,1H3. The van der Waals surface area contributed by atoms with Crippen molar-refractivity contribution in [2.45, 2.75) is 0 Å². The summed E-state index contributed by atoms with van der Waals surface area (Å²) in [6.07, 6.45) is 9.35. The Hall–Kier alpha value is -6.28. The lowest BCUT2D eigenvalue weighted by Crippen LogP contribution is -1.97. The van der Waals surface area contributed by atoms with Gasteiger partial charge in [-0.1, -0.05) is 30.3 Å². The first-order valence-electron chi connectivity index (χ1n) is 14.8. The molecule has 0 saturated carbocycles.